The first kappa shape index (κ1) is 17.3. The molecule has 2 unspecified atom stereocenters. The van der Waals surface area contributed by atoms with Crippen molar-refractivity contribution < 1.29 is 13.9 Å². The molecule has 5 heteroatoms. The number of amides is 1. The molecule has 0 saturated carbocycles. The quantitative estimate of drug-likeness (QED) is 0.706. The van der Waals surface area contributed by atoms with E-state index in [2.05, 4.69) is 10.6 Å². The first-order chi connectivity index (χ1) is 13.8. The van der Waals surface area contributed by atoms with E-state index in [1.165, 1.54) is 12.8 Å². The lowest BCUT2D eigenvalue weighted by atomic mass is 9.99. The van der Waals surface area contributed by atoms with Crippen molar-refractivity contribution >= 4 is 16.9 Å². The van der Waals surface area contributed by atoms with Gasteiger partial charge in [-0.25, -0.2) is 0 Å². The molecule has 1 amide bonds. The zero-order valence-electron chi connectivity index (χ0n) is 15.7. The fourth-order valence-corrected chi connectivity index (χ4v) is 4.52. The van der Waals surface area contributed by atoms with Gasteiger partial charge in [0, 0.05) is 29.1 Å². The van der Waals surface area contributed by atoms with Crippen LogP contribution in [0.15, 0.2) is 59.0 Å². The van der Waals surface area contributed by atoms with Gasteiger partial charge in [-0.3, -0.25) is 4.79 Å². The number of hydrogen-bond acceptors (Lipinski definition) is 4. The summed E-state index contributed by atoms with van der Waals surface area (Å²) < 4.78 is 11.9. The summed E-state index contributed by atoms with van der Waals surface area (Å²) >= 11 is 0. The Kier molecular flexibility index (Phi) is 4.53. The van der Waals surface area contributed by atoms with E-state index in [1.54, 1.807) is 0 Å². The summed E-state index contributed by atoms with van der Waals surface area (Å²) in [5.41, 5.74) is 1.51. The maximum Gasteiger partial charge on any atom is 0.287 e. The third kappa shape index (κ3) is 3.38. The van der Waals surface area contributed by atoms with E-state index in [0.29, 0.717) is 30.0 Å². The van der Waals surface area contributed by atoms with Gasteiger partial charge in [-0.2, -0.15) is 0 Å². The minimum Gasteiger partial charge on any atom is -0.489 e. The van der Waals surface area contributed by atoms with Gasteiger partial charge in [0.15, 0.2) is 5.76 Å². The highest BCUT2D eigenvalue weighted by molar-refractivity contribution is 5.99. The molecule has 144 valence electrons. The Morgan fingerprint density at radius 1 is 1.04 bits per heavy atom. The molecule has 0 radical (unpaired) electrons. The molecule has 2 aromatic carbocycles. The first-order valence-electron chi connectivity index (χ1n) is 10.0. The number of piperidine rings is 1. The third-order valence-electron chi connectivity index (χ3n) is 5.84. The number of para-hydroxylation sites is 2. The van der Waals surface area contributed by atoms with Crippen molar-refractivity contribution in [3.8, 4) is 5.75 Å². The average Bonchev–Trinajstić information content (AvgIpc) is 3.26. The Hall–Kier alpha value is -2.79. The molecule has 2 saturated heterocycles. The molecule has 2 aliphatic rings. The zero-order chi connectivity index (χ0) is 18.9. The van der Waals surface area contributed by atoms with E-state index < -0.39 is 0 Å². The Labute approximate surface area is 164 Å². The van der Waals surface area contributed by atoms with E-state index in [-0.39, 0.29) is 11.9 Å². The van der Waals surface area contributed by atoms with Gasteiger partial charge >= 0.3 is 0 Å². The summed E-state index contributed by atoms with van der Waals surface area (Å²) in [6.07, 6.45) is 4.38. The van der Waals surface area contributed by atoms with Crippen molar-refractivity contribution in [2.45, 2.75) is 50.4 Å². The predicted octanol–water partition coefficient (Wildman–Crippen LogP) is 4.02. The standard InChI is InChI=1S/C23H24N2O3/c26-23(25-17-12-15-10-11-16(13-17)24-15)22-20(14-27-18-6-2-1-3-7-18)19-8-4-5-9-21(19)28-22/h1-9,15-17,24H,10-14H2,(H,25,26). The summed E-state index contributed by atoms with van der Waals surface area (Å²) in [5, 5.41) is 7.74. The van der Waals surface area contributed by atoms with Crippen LogP contribution in [0.2, 0.25) is 0 Å². The SMILES string of the molecule is O=C(NC1CC2CCC(C1)N2)c1oc2ccccc2c1COc1ccccc1. The fourth-order valence-electron chi connectivity index (χ4n) is 4.52. The second-order valence-corrected chi connectivity index (χ2v) is 7.79. The van der Waals surface area contributed by atoms with Gasteiger partial charge in [-0.05, 0) is 43.9 Å². The van der Waals surface area contributed by atoms with Gasteiger partial charge in [-0.1, -0.05) is 36.4 Å². The van der Waals surface area contributed by atoms with Crippen LogP contribution in [0, 0.1) is 0 Å². The van der Waals surface area contributed by atoms with Crippen molar-refractivity contribution in [2.75, 3.05) is 0 Å². The van der Waals surface area contributed by atoms with Crippen LogP contribution in [-0.4, -0.2) is 24.0 Å². The molecule has 28 heavy (non-hydrogen) atoms. The Balaban J connectivity index is 1.39. The van der Waals surface area contributed by atoms with E-state index in [0.717, 1.165) is 29.5 Å². The number of ether oxygens (including phenoxy) is 1. The van der Waals surface area contributed by atoms with E-state index in [1.807, 2.05) is 54.6 Å². The van der Waals surface area contributed by atoms with Crippen molar-refractivity contribution in [1.29, 1.82) is 0 Å². The Morgan fingerprint density at radius 3 is 2.54 bits per heavy atom. The van der Waals surface area contributed by atoms with Crippen molar-refractivity contribution in [3.05, 3.63) is 65.9 Å². The molecule has 5 nitrogen and oxygen atoms in total. The topological polar surface area (TPSA) is 63.5 Å². The molecule has 2 bridgehead atoms. The summed E-state index contributed by atoms with van der Waals surface area (Å²) in [4.78, 5) is 13.1. The Bertz CT molecular complexity index is 970. The number of nitrogens with one attached hydrogen (secondary N) is 2. The van der Waals surface area contributed by atoms with Crippen LogP contribution in [0.1, 0.15) is 41.8 Å². The number of carbonyl (C=O) groups excluding carboxylic acids is 1. The summed E-state index contributed by atoms with van der Waals surface area (Å²) in [7, 11) is 0. The molecule has 2 atom stereocenters. The highest BCUT2D eigenvalue weighted by Crippen LogP contribution is 2.29. The lowest BCUT2D eigenvalue weighted by molar-refractivity contribution is 0.0894. The van der Waals surface area contributed by atoms with Crippen molar-refractivity contribution in [1.82, 2.24) is 10.6 Å². The van der Waals surface area contributed by atoms with Gasteiger partial charge < -0.3 is 19.8 Å². The van der Waals surface area contributed by atoms with Crippen LogP contribution >= 0.6 is 0 Å². The molecule has 1 aromatic heterocycles. The number of furan rings is 1. The number of carbonyl (C=O) groups is 1. The van der Waals surface area contributed by atoms with Gasteiger partial charge in [0.25, 0.3) is 5.91 Å². The minimum absolute atomic E-state index is 0.144. The molecular weight excluding hydrogens is 352 g/mol. The molecular formula is C23H24N2O3. The normalized spacial score (nSPS) is 23.6. The maximum atomic E-state index is 13.1. The number of fused-ring (bicyclic) bond motifs is 3. The summed E-state index contributed by atoms with van der Waals surface area (Å²) in [5.74, 6) is 0.992. The predicted molar refractivity (Wildman–Crippen MR) is 107 cm³/mol. The average molecular weight is 376 g/mol. The van der Waals surface area contributed by atoms with Crippen molar-refractivity contribution in [2.24, 2.45) is 0 Å². The van der Waals surface area contributed by atoms with Gasteiger partial charge in [0.05, 0.1) is 0 Å². The molecule has 2 fully saturated rings. The maximum absolute atomic E-state index is 13.1. The molecule has 5 rings (SSSR count). The second-order valence-electron chi connectivity index (χ2n) is 7.79. The smallest absolute Gasteiger partial charge is 0.287 e. The number of rotatable bonds is 5. The van der Waals surface area contributed by atoms with Crippen LogP contribution in [0.4, 0.5) is 0 Å². The van der Waals surface area contributed by atoms with E-state index >= 15 is 0 Å². The highest BCUT2D eigenvalue weighted by atomic mass is 16.5. The molecule has 0 aliphatic carbocycles. The van der Waals surface area contributed by atoms with Crippen LogP contribution in [0.25, 0.3) is 11.0 Å². The van der Waals surface area contributed by atoms with Crippen LogP contribution in [0.3, 0.4) is 0 Å². The Morgan fingerprint density at radius 2 is 1.75 bits per heavy atom. The lowest BCUT2D eigenvalue weighted by Crippen LogP contribution is -2.48. The molecule has 2 aliphatic heterocycles. The number of hydrogen-bond donors (Lipinski definition) is 2. The lowest BCUT2D eigenvalue weighted by Gasteiger charge is -2.29. The van der Waals surface area contributed by atoms with Crippen LogP contribution in [-0.2, 0) is 6.61 Å². The van der Waals surface area contributed by atoms with E-state index in [9.17, 15) is 4.79 Å². The van der Waals surface area contributed by atoms with Crippen LogP contribution < -0.4 is 15.4 Å². The minimum atomic E-state index is -0.144. The monoisotopic (exact) mass is 376 g/mol. The fraction of sp³-hybridized carbons (Fsp3) is 0.348. The van der Waals surface area contributed by atoms with Crippen molar-refractivity contribution in [3.63, 3.8) is 0 Å². The summed E-state index contributed by atoms with van der Waals surface area (Å²) in [6.45, 7) is 0.293. The van der Waals surface area contributed by atoms with E-state index in [4.69, 9.17) is 9.15 Å². The highest BCUT2D eigenvalue weighted by Gasteiger charge is 2.35. The first-order valence-corrected chi connectivity index (χ1v) is 10.0. The van der Waals surface area contributed by atoms with Gasteiger partial charge in [0.1, 0.15) is 17.9 Å². The molecule has 0 spiro atoms. The third-order valence-corrected chi connectivity index (χ3v) is 5.84. The van der Waals surface area contributed by atoms with Crippen LogP contribution in [0.5, 0.6) is 5.75 Å². The number of benzene rings is 2. The zero-order valence-corrected chi connectivity index (χ0v) is 15.7. The molecule has 2 N–H and O–H groups in total. The second kappa shape index (κ2) is 7.32. The van der Waals surface area contributed by atoms with Gasteiger partial charge in [0.2, 0.25) is 0 Å². The molecule has 3 aromatic rings. The largest absolute Gasteiger partial charge is 0.489 e. The molecule has 3 heterocycles. The summed E-state index contributed by atoms with van der Waals surface area (Å²) in [6, 6.07) is 18.6. The van der Waals surface area contributed by atoms with Gasteiger partial charge in [-0.15, -0.1) is 0 Å².